The maximum atomic E-state index is 13.3. The number of carbonyl (C=O) groups excluding carboxylic acids is 2. The molecule has 3 N–H and O–H groups in total. The number of thioether (sulfide) groups is 1. The summed E-state index contributed by atoms with van der Waals surface area (Å²) in [5.74, 6) is -1.31. The molecule has 0 bridgehead atoms. The summed E-state index contributed by atoms with van der Waals surface area (Å²) in [7, 11) is 0. The molecule has 0 saturated heterocycles. The smallest absolute Gasteiger partial charge is 0.326 e. The number of rotatable bonds is 12. The Morgan fingerprint density at radius 1 is 1.21 bits per heavy atom. The molecule has 0 unspecified atom stereocenters. The van der Waals surface area contributed by atoms with Crippen molar-refractivity contribution in [2.24, 2.45) is 5.92 Å². The van der Waals surface area contributed by atoms with Crippen molar-refractivity contribution in [1.82, 2.24) is 10.6 Å². The Bertz CT molecular complexity index is 725. The number of nitrogens with one attached hydrogen (secondary N) is 2. The van der Waals surface area contributed by atoms with Crippen molar-refractivity contribution >= 4 is 46.6 Å². The van der Waals surface area contributed by atoms with E-state index in [0.29, 0.717) is 10.6 Å². The first-order chi connectivity index (χ1) is 13.6. The van der Waals surface area contributed by atoms with E-state index in [9.17, 15) is 19.5 Å². The summed E-state index contributed by atoms with van der Waals surface area (Å²) >= 11 is 6.89. The average Bonchev–Trinajstić information content (AvgIpc) is 2.64. The Kier molecular flexibility index (Phi) is 10.3. The van der Waals surface area contributed by atoms with Gasteiger partial charge in [-0.1, -0.05) is 56.4 Å². The Labute approximate surface area is 182 Å². The van der Waals surface area contributed by atoms with E-state index in [1.165, 1.54) is 11.8 Å². The van der Waals surface area contributed by atoms with Crippen molar-refractivity contribution in [2.75, 3.05) is 12.0 Å². The topological polar surface area (TPSA) is 95.5 Å². The van der Waals surface area contributed by atoms with Gasteiger partial charge in [0.15, 0.2) is 5.54 Å². The summed E-state index contributed by atoms with van der Waals surface area (Å²) in [6, 6.07) is 7.94. The number of benzene rings is 1. The van der Waals surface area contributed by atoms with Crippen LogP contribution in [0, 0.1) is 5.92 Å². The van der Waals surface area contributed by atoms with Crippen LogP contribution < -0.4 is 10.6 Å². The molecule has 0 saturated carbocycles. The van der Waals surface area contributed by atoms with E-state index >= 15 is 0 Å². The lowest BCUT2D eigenvalue weighted by molar-refractivity contribution is -0.142. The molecule has 1 aromatic rings. The number of carbonyl (C=O) groups is 3. The average molecular weight is 439 g/mol. The molecule has 0 aliphatic carbocycles. The fraction of sp³-hybridized carbons (Fsp3) is 0.524. The number of hydrogen-bond donors (Lipinski definition) is 3. The normalized spacial score (nSPS) is 14.0. The van der Waals surface area contributed by atoms with Crippen molar-refractivity contribution < 1.29 is 19.5 Å². The van der Waals surface area contributed by atoms with E-state index in [4.69, 9.17) is 12.2 Å². The minimum Gasteiger partial charge on any atom is -0.480 e. The zero-order chi connectivity index (χ0) is 22.0. The van der Waals surface area contributed by atoms with Gasteiger partial charge in [-0.25, -0.2) is 4.79 Å². The molecule has 0 heterocycles. The molecule has 1 rings (SSSR count). The van der Waals surface area contributed by atoms with Crippen LogP contribution in [0.3, 0.4) is 0 Å². The molecular formula is C21H30N2O4S2. The SMILES string of the molecule is CSCC[C@](NC(=O)CC(C)C)(C(=O)N[C@@H](Cc1ccccc1)C(=O)O)C(C)=S. The molecule has 29 heavy (non-hydrogen) atoms. The molecule has 160 valence electrons. The number of hydrogen-bond acceptors (Lipinski definition) is 5. The van der Waals surface area contributed by atoms with Crippen LogP contribution in [0.2, 0.25) is 0 Å². The van der Waals surface area contributed by atoms with Crippen molar-refractivity contribution in [3.63, 3.8) is 0 Å². The van der Waals surface area contributed by atoms with E-state index in [1.807, 2.05) is 38.3 Å². The summed E-state index contributed by atoms with van der Waals surface area (Å²) in [5, 5.41) is 15.0. The molecule has 0 radical (unpaired) electrons. The molecule has 2 atom stereocenters. The minimum atomic E-state index is -1.42. The van der Waals surface area contributed by atoms with Crippen LogP contribution in [0.25, 0.3) is 0 Å². The van der Waals surface area contributed by atoms with E-state index in [-0.39, 0.29) is 31.1 Å². The molecule has 0 aliphatic heterocycles. The second-order valence-corrected chi connectivity index (χ2v) is 9.00. The highest BCUT2D eigenvalue weighted by Gasteiger charge is 2.43. The third-order valence-corrected chi connectivity index (χ3v) is 5.46. The maximum Gasteiger partial charge on any atom is 0.326 e. The van der Waals surface area contributed by atoms with Crippen LogP contribution in [0.1, 0.15) is 39.2 Å². The number of carboxylic acids is 1. The highest BCUT2D eigenvalue weighted by atomic mass is 32.2. The zero-order valence-corrected chi connectivity index (χ0v) is 19.0. The third-order valence-electron chi connectivity index (χ3n) is 4.50. The minimum absolute atomic E-state index is 0.117. The molecule has 2 amide bonds. The molecule has 0 fully saturated rings. The van der Waals surface area contributed by atoms with Gasteiger partial charge in [0.25, 0.3) is 5.91 Å². The highest BCUT2D eigenvalue weighted by molar-refractivity contribution is 7.98. The fourth-order valence-corrected chi connectivity index (χ4v) is 3.66. The van der Waals surface area contributed by atoms with Crippen LogP contribution in [0.5, 0.6) is 0 Å². The quantitative estimate of drug-likeness (QED) is 0.434. The van der Waals surface area contributed by atoms with Crippen LogP contribution in [0.15, 0.2) is 30.3 Å². The van der Waals surface area contributed by atoms with Gasteiger partial charge < -0.3 is 15.7 Å². The zero-order valence-electron chi connectivity index (χ0n) is 17.4. The van der Waals surface area contributed by atoms with Gasteiger partial charge in [-0.3, -0.25) is 9.59 Å². The van der Waals surface area contributed by atoms with Gasteiger partial charge in [0.2, 0.25) is 5.91 Å². The first-order valence-corrected chi connectivity index (χ1v) is 11.3. The molecule has 8 heteroatoms. The van der Waals surface area contributed by atoms with Crippen LogP contribution >= 0.6 is 24.0 Å². The van der Waals surface area contributed by atoms with E-state index in [2.05, 4.69) is 10.6 Å². The van der Waals surface area contributed by atoms with Gasteiger partial charge in [0, 0.05) is 17.7 Å². The van der Waals surface area contributed by atoms with Gasteiger partial charge in [-0.15, -0.1) is 0 Å². The summed E-state index contributed by atoms with van der Waals surface area (Å²) in [5.41, 5.74) is -0.632. The molecule has 6 nitrogen and oxygen atoms in total. The van der Waals surface area contributed by atoms with Crippen molar-refractivity contribution in [2.45, 2.75) is 51.6 Å². The fourth-order valence-electron chi connectivity index (χ4n) is 2.90. The van der Waals surface area contributed by atoms with Crippen molar-refractivity contribution in [1.29, 1.82) is 0 Å². The summed E-state index contributed by atoms with van der Waals surface area (Å²) in [6.45, 7) is 5.43. The lowest BCUT2D eigenvalue weighted by Crippen LogP contribution is -2.65. The Morgan fingerprint density at radius 3 is 2.31 bits per heavy atom. The first kappa shape index (κ1) is 25.1. The second kappa shape index (κ2) is 11.9. The van der Waals surface area contributed by atoms with Crippen molar-refractivity contribution in [3.05, 3.63) is 35.9 Å². The Morgan fingerprint density at radius 2 is 1.83 bits per heavy atom. The lowest BCUT2D eigenvalue weighted by Gasteiger charge is -2.34. The largest absolute Gasteiger partial charge is 0.480 e. The van der Waals surface area contributed by atoms with E-state index in [1.54, 1.807) is 19.1 Å². The predicted molar refractivity (Wildman–Crippen MR) is 121 cm³/mol. The molecular weight excluding hydrogens is 408 g/mol. The van der Waals surface area contributed by atoms with Crippen molar-refractivity contribution in [3.8, 4) is 0 Å². The molecule has 0 aliphatic rings. The van der Waals surface area contributed by atoms with Crippen LogP contribution in [-0.4, -0.2) is 51.3 Å². The summed E-state index contributed by atoms with van der Waals surface area (Å²) < 4.78 is 0. The highest BCUT2D eigenvalue weighted by Crippen LogP contribution is 2.19. The lowest BCUT2D eigenvalue weighted by atomic mass is 9.89. The van der Waals surface area contributed by atoms with Crippen LogP contribution in [-0.2, 0) is 20.8 Å². The van der Waals surface area contributed by atoms with Gasteiger partial charge >= 0.3 is 5.97 Å². The standard InChI is InChI=1S/C21H30N2O4S2/c1-14(2)12-18(24)23-21(15(3)28,10-11-29-4)20(27)22-17(19(25)26)13-16-8-6-5-7-9-16/h5-9,14,17H,10-13H2,1-4H3,(H,22,27)(H,23,24)(H,25,26)/t17-,21+/m0/s1. The van der Waals surface area contributed by atoms with Gasteiger partial charge in [0.05, 0.1) is 0 Å². The summed E-state index contributed by atoms with van der Waals surface area (Å²) in [6.07, 6.45) is 2.57. The molecule has 1 aromatic carbocycles. The van der Waals surface area contributed by atoms with Gasteiger partial charge in [-0.2, -0.15) is 11.8 Å². The molecule has 0 spiro atoms. The Hall–Kier alpha value is -1.93. The van der Waals surface area contributed by atoms with E-state index in [0.717, 1.165) is 5.56 Å². The third kappa shape index (κ3) is 7.78. The first-order valence-electron chi connectivity index (χ1n) is 9.51. The molecule has 0 aromatic heterocycles. The number of aliphatic carboxylic acids is 1. The number of thiocarbonyl (C=S) groups is 1. The predicted octanol–water partition coefficient (Wildman–Crippen LogP) is 2.84. The number of amides is 2. The monoisotopic (exact) mass is 438 g/mol. The van der Waals surface area contributed by atoms with E-state index < -0.39 is 23.5 Å². The second-order valence-electron chi connectivity index (χ2n) is 7.40. The summed E-state index contributed by atoms with van der Waals surface area (Å²) in [4.78, 5) is 37.8. The maximum absolute atomic E-state index is 13.3. The van der Waals surface area contributed by atoms with Gasteiger partial charge in [-0.05, 0) is 36.8 Å². The Balaban J connectivity index is 3.13. The van der Waals surface area contributed by atoms with Crippen LogP contribution in [0.4, 0.5) is 0 Å². The van der Waals surface area contributed by atoms with Gasteiger partial charge in [0.1, 0.15) is 6.04 Å². The number of carboxylic acid groups (broad SMARTS) is 1.